The molecule has 2 aromatic heterocycles. The van der Waals surface area contributed by atoms with Crippen molar-refractivity contribution in [2.24, 2.45) is 0 Å². The van der Waals surface area contributed by atoms with Crippen LogP contribution in [-0.4, -0.2) is 19.7 Å². The summed E-state index contributed by atoms with van der Waals surface area (Å²) in [5, 5.41) is 18.7. The number of nitrogens with zero attached hydrogens (tertiary/aromatic N) is 3. The largest absolute Gasteiger partial charge is 0.389 e. The second-order valence-corrected chi connectivity index (χ2v) is 6.30. The number of fused-ring (bicyclic) bond motifs is 1. The molecule has 0 bridgehead atoms. The van der Waals surface area contributed by atoms with Gasteiger partial charge in [0.2, 0.25) is 0 Å². The van der Waals surface area contributed by atoms with Gasteiger partial charge in [-0.1, -0.05) is 35.9 Å². The Hall–Kier alpha value is -2.20. The molecule has 1 aliphatic carbocycles. The molecule has 1 unspecified atom stereocenters. The highest BCUT2D eigenvalue weighted by Crippen LogP contribution is 2.52. The maximum absolute atomic E-state index is 9.92. The topological polar surface area (TPSA) is 50.4 Å². The molecule has 3 aromatic rings. The van der Waals surface area contributed by atoms with E-state index in [4.69, 9.17) is 0 Å². The summed E-state index contributed by atoms with van der Waals surface area (Å²) in [6, 6.07) is 12.6. The number of aliphatic hydroxyl groups excluding tert-OH is 1. The minimum Gasteiger partial charge on any atom is -0.389 e. The Kier molecular flexibility index (Phi) is 2.84. The van der Waals surface area contributed by atoms with Crippen LogP contribution >= 0.6 is 0 Å². The molecule has 1 N–H and O–H groups in total. The zero-order chi connectivity index (χ0) is 15.3. The highest BCUT2D eigenvalue weighted by atomic mass is 16.3. The molecule has 1 fully saturated rings. The molecule has 0 spiro atoms. The minimum absolute atomic E-state index is 0.0234. The number of aryl methyl sites for hydroxylation is 1. The van der Waals surface area contributed by atoms with E-state index >= 15 is 0 Å². The molecule has 0 saturated heterocycles. The molecule has 1 atom stereocenters. The molecule has 112 valence electrons. The lowest BCUT2D eigenvalue weighted by atomic mass is 9.94. The number of hydrogen-bond acceptors (Lipinski definition) is 3. The van der Waals surface area contributed by atoms with Crippen LogP contribution in [0.5, 0.6) is 0 Å². The lowest BCUT2D eigenvalue weighted by Crippen LogP contribution is -2.13. The average molecular weight is 293 g/mol. The van der Waals surface area contributed by atoms with Gasteiger partial charge in [-0.2, -0.15) is 0 Å². The second kappa shape index (κ2) is 4.65. The number of hydrogen-bond donors (Lipinski definition) is 1. The van der Waals surface area contributed by atoms with E-state index < -0.39 is 6.10 Å². The van der Waals surface area contributed by atoms with Gasteiger partial charge in [-0.05, 0) is 38.3 Å². The van der Waals surface area contributed by atoms with E-state index in [1.807, 2.05) is 22.7 Å². The molecule has 4 nitrogen and oxygen atoms in total. The smallest absolute Gasteiger partial charge is 0.166 e. The summed E-state index contributed by atoms with van der Waals surface area (Å²) >= 11 is 0. The van der Waals surface area contributed by atoms with Crippen LogP contribution in [0.2, 0.25) is 0 Å². The first-order valence-electron chi connectivity index (χ1n) is 7.71. The Morgan fingerprint density at radius 3 is 2.50 bits per heavy atom. The van der Waals surface area contributed by atoms with Gasteiger partial charge >= 0.3 is 0 Å². The van der Waals surface area contributed by atoms with Gasteiger partial charge in [0.15, 0.2) is 5.65 Å². The number of benzene rings is 1. The highest BCUT2D eigenvalue weighted by molar-refractivity contribution is 5.51. The Bertz CT molecular complexity index is 829. The zero-order valence-corrected chi connectivity index (χ0v) is 12.8. The van der Waals surface area contributed by atoms with E-state index in [1.165, 1.54) is 11.1 Å². The second-order valence-electron chi connectivity index (χ2n) is 6.30. The van der Waals surface area contributed by atoms with Crippen molar-refractivity contribution in [3.63, 3.8) is 0 Å². The third-order valence-corrected chi connectivity index (χ3v) is 4.70. The molecule has 0 amide bonds. The Morgan fingerprint density at radius 1 is 1.14 bits per heavy atom. The Balaban J connectivity index is 1.88. The molecule has 22 heavy (non-hydrogen) atoms. The van der Waals surface area contributed by atoms with E-state index in [0.717, 1.165) is 29.9 Å². The summed E-state index contributed by atoms with van der Waals surface area (Å²) in [4.78, 5) is 0. The summed E-state index contributed by atoms with van der Waals surface area (Å²) in [7, 11) is 0. The summed E-state index contributed by atoms with van der Waals surface area (Å²) in [6.45, 7) is 3.86. The predicted octanol–water partition coefficient (Wildman–Crippen LogP) is 3.17. The van der Waals surface area contributed by atoms with Gasteiger partial charge in [0.25, 0.3) is 0 Å². The molecular weight excluding hydrogens is 274 g/mol. The number of aliphatic hydroxyl groups is 1. The number of rotatable bonds is 3. The lowest BCUT2D eigenvalue weighted by molar-refractivity contribution is 0.200. The van der Waals surface area contributed by atoms with E-state index in [2.05, 4.69) is 41.4 Å². The molecule has 2 heterocycles. The van der Waals surface area contributed by atoms with Gasteiger partial charge in [-0.15, -0.1) is 10.2 Å². The van der Waals surface area contributed by atoms with Crippen molar-refractivity contribution in [3.8, 4) is 0 Å². The van der Waals surface area contributed by atoms with E-state index in [1.54, 1.807) is 6.92 Å². The van der Waals surface area contributed by atoms with Gasteiger partial charge in [0.05, 0.1) is 11.5 Å². The summed E-state index contributed by atoms with van der Waals surface area (Å²) in [5.74, 6) is 0.980. The first kappa shape index (κ1) is 13.5. The van der Waals surface area contributed by atoms with Crippen LogP contribution in [0.1, 0.15) is 48.4 Å². The fraction of sp³-hybridized carbons (Fsp3) is 0.333. The highest BCUT2D eigenvalue weighted by Gasteiger charge is 2.49. The van der Waals surface area contributed by atoms with Gasteiger partial charge in [-0.3, -0.25) is 4.40 Å². The first-order chi connectivity index (χ1) is 10.6. The van der Waals surface area contributed by atoms with E-state index in [9.17, 15) is 5.11 Å². The average Bonchev–Trinajstić information content (AvgIpc) is 3.20. The van der Waals surface area contributed by atoms with Crippen LogP contribution in [0.25, 0.3) is 5.65 Å². The van der Waals surface area contributed by atoms with Gasteiger partial charge in [-0.25, -0.2) is 0 Å². The molecule has 1 saturated carbocycles. The van der Waals surface area contributed by atoms with Crippen molar-refractivity contribution in [1.82, 2.24) is 14.6 Å². The first-order valence-corrected chi connectivity index (χ1v) is 7.71. The molecule has 1 aromatic carbocycles. The van der Waals surface area contributed by atoms with Crippen LogP contribution in [0.3, 0.4) is 0 Å². The zero-order valence-electron chi connectivity index (χ0n) is 12.8. The Morgan fingerprint density at radius 2 is 1.86 bits per heavy atom. The molecule has 0 radical (unpaired) electrons. The van der Waals surface area contributed by atoms with Gasteiger partial charge in [0, 0.05) is 11.8 Å². The molecule has 1 aliphatic rings. The third kappa shape index (κ3) is 1.87. The van der Waals surface area contributed by atoms with Crippen molar-refractivity contribution in [2.75, 3.05) is 0 Å². The van der Waals surface area contributed by atoms with Crippen LogP contribution in [0.15, 0.2) is 42.6 Å². The molecular formula is C18H19N3O. The standard InChI is InChI=1S/C18H19N3O/c1-12-5-7-14(8-6-12)18(9-10-18)17-20-19-16-15(13(2)22)4-3-11-21(16)17/h3-8,11,13,22H,9-10H2,1-2H3. The van der Waals surface area contributed by atoms with E-state index in [0.29, 0.717) is 0 Å². The summed E-state index contributed by atoms with van der Waals surface area (Å²) in [5.41, 5.74) is 4.12. The minimum atomic E-state index is -0.546. The maximum Gasteiger partial charge on any atom is 0.166 e. The van der Waals surface area contributed by atoms with Crippen molar-refractivity contribution in [2.45, 2.75) is 38.2 Å². The van der Waals surface area contributed by atoms with Crippen molar-refractivity contribution in [3.05, 3.63) is 65.1 Å². The monoisotopic (exact) mass is 293 g/mol. The van der Waals surface area contributed by atoms with Gasteiger partial charge < -0.3 is 5.11 Å². The summed E-state index contributed by atoms with van der Waals surface area (Å²) < 4.78 is 2.04. The molecule has 0 aliphatic heterocycles. The summed E-state index contributed by atoms with van der Waals surface area (Å²) in [6.07, 6.45) is 3.63. The van der Waals surface area contributed by atoms with Crippen molar-refractivity contribution in [1.29, 1.82) is 0 Å². The van der Waals surface area contributed by atoms with Gasteiger partial charge in [0.1, 0.15) is 5.82 Å². The maximum atomic E-state index is 9.92. The molecule has 4 rings (SSSR count). The van der Waals surface area contributed by atoms with Crippen LogP contribution in [0.4, 0.5) is 0 Å². The lowest BCUT2D eigenvalue weighted by Gasteiger charge is -2.15. The predicted molar refractivity (Wildman–Crippen MR) is 84.8 cm³/mol. The number of aromatic nitrogens is 3. The Labute approximate surface area is 129 Å². The fourth-order valence-electron chi connectivity index (χ4n) is 3.23. The van der Waals surface area contributed by atoms with Crippen molar-refractivity contribution < 1.29 is 5.11 Å². The SMILES string of the molecule is Cc1ccc(C2(c3nnc4c(C(C)O)cccn34)CC2)cc1. The fourth-order valence-corrected chi connectivity index (χ4v) is 3.23. The van der Waals surface area contributed by atoms with Crippen molar-refractivity contribution >= 4 is 5.65 Å². The van der Waals surface area contributed by atoms with Crippen LogP contribution < -0.4 is 0 Å². The van der Waals surface area contributed by atoms with Crippen LogP contribution in [0, 0.1) is 6.92 Å². The van der Waals surface area contributed by atoms with Crippen LogP contribution in [-0.2, 0) is 5.41 Å². The third-order valence-electron chi connectivity index (χ3n) is 4.70. The van der Waals surface area contributed by atoms with E-state index in [-0.39, 0.29) is 5.41 Å². The number of pyridine rings is 1. The molecule has 4 heteroatoms. The quantitative estimate of drug-likeness (QED) is 0.807. The normalized spacial score (nSPS) is 17.6.